The van der Waals surface area contributed by atoms with Crippen LogP contribution in [0.4, 0.5) is 4.79 Å². The Morgan fingerprint density at radius 2 is 1.78 bits per heavy atom. The van der Waals surface area contributed by atoms with Gasteiger partial charge in [-0.2, -0.15) is 0 Å². The SMILES string of the molecule is Cc1ccccc1/C=C(/C(=O)N1CCOC1=O)c1ccccc1. The standard InChI is InChI=1S/C19H17NO3/c1-14-7-5-6-10-16(14)13-17(15-8-3-2-4-9-15)18(21)20-11-12-23-19(20)22/h2-10,13H,11-12H2,1H3/b17-13+. The number of hydrogen-bond donors (Lipinski definition) is 0. The molecule has 1 aliphatic heterocycles. The van der Waals surface area contributed by atoms with Crippen LogP contribution in [0.1, 0.15) is 16.7 Å². The van der Waals surface area contributed by atoms with E-state index < -0.39 is 6.09 Å². The maximum absolute atomic E-state index is 12.8. The first-order valence-electron chi connectivity index (χ1n) is 7.48. The number of carbonyl (C=O) groups is 2. The number of amides is 2. The molecule has 2 aromatic carbocycles. The highest BCUT2D eigenvalue weighted by Crippen LogP contribution is 2.23. The zero-order chi connectivity index (χ0) is 16.2. The van der Waals surface area contributed by atoms with Gasteiger partial charge >= 0.3 is 6.09 Å². The average molecular weight is 307 g/mol. The van der Waals surface area contributed by atoms with Gasteiger partial charge in [-0.05, 0) is 29.7 Å². The van der Waals surface area contributed by atoms with E-state index in [0.717, 1.165) is 21.6 Å². The Hall–Kier alpha value is -2.88. The van der Waals surface area contributed by atoms with Gasteiger partial charge in [-0.3, -0.25) is 4.79 Å². The first kappa shape index (κ1) is 15.0. The molecule has 1 saturated heterocycles. The molecule has 23 heavy (non-hydrogen) atoms. The zero-order valence-corrected chi connectivity index (χ0v) is 12.9. The van der Waals surface area contributed by atoms with Crippen molar-refractivity contribution >= 4 is 23.6 Å². The molecule has 0 radical (unpaired) electrons. The van der Waals surface area contributed by atoms with Crippen molar-refractivity contribution in [1.82, 2.24) is 4.90 Å². The molecule has 3 rings (SSSR count). The van der Waals surface area contributed by atoms with Gasteiger partial charge < -0.3 is 4.74 Å². The van der Waals surface area contributed by atoms with Crippen molar-refractivity contribution in [3.8, 4) is 0 Å². The van der Waals surface area contributed by atoms with E-state index in [1.165, 1.54) is 0 Å². The number of imide groups is 1. The number of cyclic esters (lactones) is 1. The molecule has 2 amide bonds. The normalized spacial score (nSPS) is 14.7. The first-order valence-corrected chi connectivity index (χ1v) is 7.48. The molecule has 0 aliphatic carbocycles. The van der Waals surface area contributed by atoms with Crippen LogP contribution in [0.3, 0.4) is 0 Å². The Balaban J connectivity index is 2.06. The van der Waals surface area contributed by atoms with Gasteiger partial charge in [0.2, 0.25) is 0 Å². The van der Waals surface area contributed by atoms with Crippen LogP contribution >= 0.6 is 0 Å². The van der Waals surface area contributed by atoms with Crippen LogP contribution in [0.15, 0.2) is 54.6 Å². The van der Waals surface area contributed by atoms with E-state index in [0.29, 0.717) is 5.57 Å². The minimum Gasteiger partial charge on any atom is -0.447 e. The lowest BCUT2D eigenvalue weighted by Crippen LogP contribution is -2.32. The van der Waals surface area contributed by atoms with E-state index in [9.17, 15) is 9.59 Å². The molecule has 0 unspecified atom stereocenters. The third kappa shape index (κ3) is 3.16. The highest BCUT2D eigenvalue weighted by molar-refractivity contribution is 6.27. The predicted molar refractivity (Wildman–Crippen MR) is 88.6 cm³/mol. The van der Waals surface area contributed by atoms with Crippen molar-refractivity contribution in [2.75, 3.05) is 13.2 Å². The Morgan fingerprint density at radius 1 is 1.09 bits per heavy atom. The Morgan fingerprint density at radius 3 is 2.43 bits per heavy atom. The summed E-state index contributed by atoms with van der Waals surface area (Å²) in [4.78, 5) is 25.7. The van der Waals surface area contributed by atoms with Crippen molar-refractivity contribution in [3.05, 3.63) is 71.3 Å². The van der Waals surface area contributed by atoms with Crippen LogP contribution in [0.2, 0.25) is 0 Å². The van der Waals surface area contributed by atoms with Gasteiger partial charge in [0.15, 0.2) is 0 Å². The maximum atomic E-state index is 12.8. The van der Waals surface area contributed by atoms with Crippen molar-refractivity contribution in [2.45, 2.75) is 6.92 Å². The fourth-order valence-corrected chi connectivity index (χ4v) is 2.51. The largest absolute Gasteiger partial charge is 0.447 e. The van der Waals surface area contributed by atoms with Gasteiger partial charge in [0.25, 0.3) is 5.91 Å². The number of rotatable bonds is 3. The molecule has 4 nitrogen and oxygen atoms in total. The fourth-order valence-electron chi connectivity index (χ4n) is 2.51. The molecular weight excluding hydrogens is 290 g/mol. The Labute approximate surface area is 135 Å². The lowest BCUT2D eigenvalue weighted by molar-refractivity contribution is -0.121. The van der Waals surface area contributed by atoms with E-state index in [-0.39, 0.29) is 19.1 Å². The maximum Gasteiger partial charge on any atom is 0.416 e. The van der Waals surface area contributed by atoms with Crippen molar-refractivity contribution in [1.29, 1.82) is 0 Å². The number of benzene rings is 2. The molecule has 1 aliphatic rings. The summed E-state index contributed by atoms with van der Waals surface area (Å²) in [6, 6.07) is 17.2. The summed E-state index contributed by atoms with van der Waals surface area (Å²) < 4.78 is 4.89. The summed E-state index contributed by atoms with van der Waals surface area (Å²) in [6.45, 7) is 2.52. The Kier molecular flexibility index (Phi) is 4.24. The molecule has 0 aromatic heterocycles. The second-order valence-electron chi connectivity index (χ2n) is 5.35. The molecule has 4 heteroatoms. The van der Waals surface area contributed by atoms with Gasteiger partial charge in [0.05, 0.1) is 6.54 Å². The molecule has 0 atom stereocenters. The van der Waals surface area contributed by atoms with Crippen molar-refractivity contribution in [2.24, 2.45) is 0 Å². The molecule has 0 spiro atoms. The van der Waals surface area contributed by atoms with E-state index in [1.54, 1.807) is 0 Å². The molecule has 116 valence electrons. The lowest BCUT2D eigenvalue weighted by Gasteiger charge is -2.14. The van der Waals surface area contributed by atoms with Gasteiger partial charge in [-0.25, -0.2) is 9.69 Å². The number of nitrogens with zero attached hydrogens (tertiary/aromatic N) is 1. The highest BCUT2D eigenvalue weighted by Gasteiger charge is 2.31. The van der Waals surface area contributed by atoms with Gasteiger partial charge in [0.1, 0.15) is 6.61 Å². The summed E-state index contributed by atoms with van der Waals surface area (Å²) in [7, 11) is 0. The van der Waals surface area contributed by atoms with Gasteiger partial charge in [-0.15, -0.1) is 0 Å². The zero-order valence-electron chi connectivity index (χ0n) is 12.9. The smallest absolute Gasteiger partial charge is 0.416 e. The first-order chi connectivity index (χ1) is 11.2. The van der Waals surface area contributed by atoms with Crippen LogP contribution in [-0.4, -0.2) is 30.1 Å². The molecule has 0 bridgehead atoms. The molecule has 0 N–H and O–H groups in total. The van der Waals surface area contributed by atoms with Gasteiger partial charge in [-0.1, -0.05) is 54.6 Å². The third-order valence-electron chi connectivity index (χ3n) is 3.81. The number of aryl methyl sites for hydroxylation is 1. The van der Waals surface area contributed by atoms with Crippen LogP contribution in [0.25, 0.3) is 11.6 Å². The minimum atomic E-state index is -0.582. The topological polar surface area (TPSA) is 46.6 Å². The van der Waals surface area contributed by atoms with Crippen LogP contribution < -0.4 is 0 Å². The third-order valence-corrected chi connectivity index (χ3v) is 3.81. The average Bonchev–Trinajstić information content (AvgIpc) is 3.00. The Bertz CT molecular complexity index is 765. The summed E-state index contributed by atoms with van der Waals surface area (Å²) in [5.41, 5.74) is 3.28. The second kappa shape index (κ2) is 6.48. The van der Waals surface area contributed by atoms with Crippen LogP contribution in [0, 0.1) is 6.92 Å². The van der Waals surface area contributed by atoms with Crippen LogP contribution in [0.5, 0.6) is 0 Å². The van der Waals surface area contributed by atoms with E-state index in [2.05, 4.69) is 0 Å². The van der Waals surface area contributed by atoms with Crippen LogP contribution in [-0.2, 0) is 9.53 Å². The van der Waals surface area contributed by atoms with E-state index >= 15 is 0 Å². The van der Waals surface area contributed by atoms with E-state index in [1.807, 2.05) is 67.6 Å². The summed E-state index contributed by atoms with van der Waals surface area (Å²) >= 11 is 0. The summed E-state index contributed by atoms with van der Waals surface area (Å²) in [5.74, 6) is -0.332. The van der Waals surface area contributed by atoms with E-state index in [4.69, 9.17) is 4.74 Å². The predicted octanol–water partition coefficient (Wildman–Crippen LogP) is 3.51. The fraction of sp³-hybridized carbons (Fsp3) is 0.158. The summed E-state index contributed by atoms with van der Waals surface area (Å²) in [6.07, 6.45) is 1.25. The monoisotopic (exact) mass is 307 g/mol. The second-order valence-corrected chi connectivity index (χ2v) is 5.35. The lowest BCUT2D eigenvalue weighted by atomic mass is 9.99. The van der Waals surface area contributed by atoms with Gasteiger partial charge in [0, 0.05) is 5.57 Å². The van der Waals surface area contributed by atoms with Crippen molar-refractivity contribution < 1.29 is 14.3 Å². The molecule has 1 fully saturated rings. The minimum absolute atomic E-state index is 0.247. The number of ether oxygens (including phenoxy) is 1. The molecule has 0 saturated carbocycles. The quantitative estimate of drug-likeness (QED) is 0.644. The molecule has 2 aromatic rings. The number of hydrogen-bond acceptors (Lipinski definition) is 3. The molecular formula is C19H17NO3. The summed E-state index contributed by atoms with van der Waals surface area (Å²) in [5, 5.41) is 0. The highest BCUT2D eigenvalue weighted by atomic mass is 16.6. The molecule has 1 heterocycles. The number of carbonyl (C=O) groups excluding carboxylic acids is 2. The van der Waals surface area contributed by atoms with Crippen molar-refractivity contribution in [3.63, 3.8) is 0 Å².